The maximum absolute atomic E-state index is 13.5. The van der Waals surface area contributed by atoms with E-state index in [4.69, 9.17) is 14.2 Å². The third kappa shape index (κ3) is 8.21. The third-order valence-electron chi connectivity index (χ3n) is 8.58. The molecular formula is C38H46N2O5. The summed E-state index contributed by atoms with van der Waals surface area (Å²) >= 11 is 0. The molecule has 0 bridgehead atoms. The van der Waals surface area contributed by atoms with E-state index in [0.717, 1.165) is 23.5 Å². The van der Waals surface area contributed by atoms with Crippen molar-refractivity contribution < 1.29 is 23.8 Å². The number of para-hydroxylation sites is 1. The smallest absolute Gasteiger partial charge is 0.311 e. The highest BCUT2D eigenvalue weighted by molar-refractivity contribution is 5.80. The maximum Gasteiger partial charge on any atom is 0.311 e. The lowest BCUT2D eigenvalue weighted by Crippen LogP contribution is -2.39. The molecule has 1 heterocycles. The number of hydrogen-bond donors (Lipinski definition) is 0. The van der Waals surface area contributed by atoms with Crippen LogP contribution in [0.5, 0.6) is 5.75 Å². The van der Waals surface area contributed by atoms with E-state index in [0.29, 0.717) is 18.6 Å². The average molecular weight is 611 g/mol. The first kappa shape index (κ1) is 33.5. The van der Waals surface area contributed by atoms with Crippen molar-refractivity contribution in [2.45, 2.75) is 66.7 Å². The molecule has 0 radical (unpaired) electrons. The lowest BCUT2D eigenvalue weighted by Gasteiger charge is -2.35. The molecule has 0 spiro atoms. The van der Waals surface area contributed by atoms with Crippen LogP contribution >= 0.6 is 0 Å². The van der Waals surface area contributed by atoms with Crippen LogP contribution in [0.4, 0.5) is 0 Å². The second-order valence-electron chi connectivity index (χ2n) is 12.8. The number of methoxy groups -OCH3 is 1. The number of aromatic nitrogens is 2. The zero-order valence-corrected chi connectivity index (χ0v) is 27.6. The Balaban J connectivity index is 1.37. The molecule has 0 aliphatic carbocycles. The Morgan fingerprint density at radius 3 is 2.18 bits per heavy atom. The highest BCUT2D eigenvalue weighted by Crippen LogP contribution is 2.41. The first-order valence-electron chi connectivity index (χ1n) is 15.6. The summed E-state index contributed by atoms with van der Waals surface area (Å²) in [4.78, 5) is 30.7. The van der Waals surface area contributed by atoms with Crippen molar-refractivity contribution in [3.8, 4) is 22.8 Å². The van der Waals surface area contributed by atoms with Gasteiger partial charge >= 0.3 is 11.9 Å². The standard InChI is InChI=1S/C38H46N2O5/c1-27(30-14-9-8-10-15-30)20-21-38(6,26-37(4,5)35(41)43-7)36(42)45-25-24-44-32-18-16-31(17-19-32)34-39-22-23-40(34)33-28(2)12-11-13-29(33)3/h8-19,22-23,27H,20-21,24-26H2,1-7H3. The van der Waals surface area contributed by atoms with Crippen LogP contribution in [-0.2, 0) is 19.1 Å². The molecule has 4 aromatic rings. The van der Waals surface area contributed by atoms with Gasteiger partial charge in [-0.05, 0) is 101 Å². The van der Waals surface area contributed by atoms with Gasteiger partial charge in [0.25, 0.3) is 0 Å². The molecular weight excluding hydrogens is 564 g/mol. The van der Waals surface area contributed by atoms with Crippen molar-refractivity contribution in [2.24, 2.45) is 10.8 Å². The Hall–Kier alpha value is -4.39. The second-order valence-corrected chi connectivity index (χ2v) is 12.8. The number of imidazole rings is 1. The molecule has 7 nitrogen and oxygen atoms in total. The molecule has 0 amide bonds. The molecule has 0 fully saturated rings. The van der Waals surface area contributed by atoms with Crippen molar-refractivity contribution in [2.75, 3.05) is 20.3 Å². The Kier molecular flexibility index (Phi) is 10.9. The van der Waals surface area contributed by atoms with Gasteiger partial charge < -0.3 is 14.2 Å². The number of carbonyl (C=O) groups is 2. The van der Waals surface area contributed by atoms with Crippen LogP contribution < -0.4 is 4.74 Å². The fourth-order valence-corrected chi connectivity index (χ4v) is 6.12. The van der Waals surface area contributed by atoms with Crippen molar-refractivity contribution in [1.29, 1.82) is 0 Å². The second kappa shape index (κ2) is 14.6. The molecule has 0 aliphatic rings. The number of esters is 2. The van der Waals surface area contributed by atoms with Crippen LogP contribution in [-0.4, -0.2) is 41.8 Å². The number of rotatable bonds is 14. The van der Waals surface area contributed by atoms with Gasteiger partial charge in [-0.25, -0.2) is 4.98 Å². The van der Waals surface area contributed by atoms with Gasteiger partial charge in [0.15, 0.2) is 0 Å². The van der Waals surface area contributed by atoms with Crippen LogP contribution in [0.2, 0.25) is 0 Å². The van der Waals surface area contributed by atoms with Gasteiger partial charge in [0.05, 0.1) is 23.6 Å². The van der Waals surface area contributed by atoms with Gasteiger partial charge in [-0.2, -0.15) is 0 Å². The van der Waals surface area contributed by atoms with Gasteiger partial charge in [-0.15, -0.1) is 0 Å². The fourth-order valence-electron chi connectivity index (χ4n) is 6.12. The summed E-state index contributed by atoms with van der Waals surface area (Å²) in [6, 6.07) is 24.3. The van der Waals surface area contributed by atoms with Gasteiger partial charge in [-0.3, -0.25) is 14.2 Å². The van der Waals surface area contributed by atoms with E-state index in [2.05, 4.69) is 60.7 Å². The zero-order chi connectivity index (χ0) is 32.6. The van der Waals surface area contributed by atoms with E-state index in [1.807, 2.05) is 75.6 Å². The van der Waals surface area contributed by atoms with Crippen molar-refractivity contribution in [1.82, 2.24) is 9.55 Å². The van der Waals surface area contributed by atoms with Gasteiger partial charge in [0, 0.05) is 18.0 Å². The van der Waals surface area contributed by atoms with Crippen LogP contribution in [0.1, 0.15) is 69.6 Å². The number of aryl methyl sites for hydroxylation is 2. The summed E-state index contributed by atoms with van der Waals surface area (Å²) in [5.74, 6) is 1.09. The molecule has 0 saturated heterocycles. The van der Waals surface area contributed by atoms with E-state index < -0.39 is 10.8 Å². The monoisotopic (exact) mass is 610 g/mol. The van der Waals surface area contributed by atoms with Crippen LogP contribution in [0.25, 0.3) is 17.1 Å². The van der Waals surface area contributed by atoms with Crippen molar-refractivity contribution in [3.63, 3.8) is 0 Å². The minimum absolute atomic E-state index is 0.0973. The lowest BCUT2D eigenvalue weighted by atomic mass is 9.70. The SMILES string of the molecule is COC(=O)C(C)(C)CC(C)(CCC(C)c1ccccc1)C(=O)OCCOc1ccc(-c2nccn2-c2c(C)cccc2C)cc1. The summed E-state index contributed by atoms with van der Waals surface area (Å²) in [7, 11) is 1.38. The van der Waals surface area contributed by atoms with E-state index in [1.54, 1.807) is 0 Å². The van der Waals surface area contributed by atoms with Crippen LogP contribution in [0.15, 0.2) is 85.2 Å². The van der Waals surface area contributed by atoms with Gasteiger partial charge in [0.2, 0.25) is 0 Å². The molecule has 7 heteroatoms. The predicted octanol–water partition coefficient (Wildman–Crippen LogP) is 8.26. The minimum atomic E-state index is -0.875. The summed E-state index contributed by atoms with van der Waals surface area (Å²) in [5, 5.41) is 0. The Labute approximate surface area is 267 Å². The minimum Gasteiger partial charge on any atom is -0.490 e. The zero-order valence-electron chi connectivity index (χ0n) is 27.6. The quantitative estimate of drug-likeness (QED) is 0.106. The van der Waals surface area contributed by atoms with Crippen LogP contribution in [0.3, 0.4) is 0 Å². The number of benzene rings is 3. The van der Waals surface area contributed by atoms with Crippen LogP contribution in [0, 0.1) is 24.7 Å². The molecule has 238 valence electrons. The summed E-state index contributed by atoms with van der Waals surface area (Å²) in [6.07, 6.45) is 5.45. The average Bonchev–Trinajstić information content (AvgIpc) is 3.51. The third-order valence-corrected chi connectivity index (χ3v) is 8.58. The first-order chi connectivity index (χ1) is 21.4. The number of hydrogen-bond acceptors (Lipinski definition) is 6. The largest absolute Gasteiger partial charge is 0.490 e. The molecule has 2 unspecified atom stereocenters. The predicted molar refractivity (Wildman–Crippen MR) is 178 cm³/mol. The van der Waals surface area contributed by atoms with E-state index in [1.165, 1.54) is 23.8 Å². The van der Waals surface area contributed by atoms with Crippen molar-refractivity contribution in [3.05, 3.63) is 102 Å². The molecule has 4 rings (SSSR count). The van der Waals surface area contributed by atoms with Gasteiger partial charge in [0.1, 0.15) is 24.8 Å². The maximum atomic E-state index is 13.5. The van der Waals surface area contributed by atoms with Gasteiger partial charge in [-0.1, -0.05) is 55.5 Å². The molecule has 45 heavy (non-hydrogen) atoms. The molecule has 3 aromatic carbocycles. The topological polar surface area (TPSA) is 79.7 Å². The molecule has 0 N–H and O–H groups in total. The van der Waals surface area contributed by atoms with E-state index >= 15 is 0 Å². The molecule has 2 atom stereocenters. The van der Waals surface area contributed by atoms with E-state index in [9.17, 15) is 9.59 Å². The summed E-state index contributed by atoms with van der Waals surface area (Å²) in [6.45, 7) is 12.2. The molecule has 0 aliphatic heterocycles. The molecule has 1 aromatic heterocycles. The first-order valence-corrected chi connectivity index (χ1v) is 15.6. The number of nitrogens with zero attached hydrogens (tertiary/aromatic N) is 2. The highest BCUT2D eigenvalue weighted by Gasteiger charge is 2.43. The highest BCUT2D eigenvalue weighted by atomic mass is 16.6. The number of carbonyl (C=O) groups excluding carboxylic acids is 2. The Morgan fingerprint density at radius 2 is 1.53 bits per heavy atom. The Bertz CT molecular complexity index is 1560. The van der Waals surface area contributed by atoms with Crippen molar-refractivity contribution >= 4 is 11.9 Å². The van der Waals surface area contributed by atoms with E-state index in [-0.39, 0.29) is 31.1 Å². The fraction of sp³-hybridized carbons (Fsp3) is 0.395. The Morgan fingerprint density at radius 1 is 0.867 bits per heavy atom. The molecule has 0 saturated carbocycles. The normalized spacial score (nSPS) is 13.5. The summed E-state index contributed by atoms with van der Waals surface area (Å²) < 4.78 is 18.8. The lowest BCUT2D eigenvalue weighted by molar-refractivity contribution is -0.162. The summed E-state index contributed by atoms with van der Waals surface area (Å²) in [5.41, 5.74) is 3.95. The number of ether oxygens (including phenoxy) is 3.